The number of hydrogen-bond acceptors (Lipinski definition) is 8. The van der Waals surface area contributed by atoms with Crippen molar-refractivity contribution in [3.05, 3.63) is 27.8 Å². The summed E-state index contributed by atoms with van der Waals surface area (Å²) in [6, 6.07) is 3.16. The third-order valence-corrected chi connectivity index (χ3v) is 3.03. The van der Waals surface area contributed by atoms with Gasteiger partial charge in [0.1, 0.15) is 5.69 Å². The molecule has 0 saturated carbocycles. The number of hydrogen-bond donors (Lipinski definition) is 4. The van der Waals surface area contributed by atoms with Crippen LogP contribution in [0.15, 0.2) is 12.1 Å². The smallest absolute Gasteiger partial charge is 0.297 e. The molecule has 0 atom stereocenters. The Morgan fingerprint density at radius 2 is 1.78 bits per heavy atom. The average Bonchev–Trinajstić information content (AvgIpc) is 2.53. The monoisotopic (exact) mass is 329 g/mol. The van der Waals surface area contributed by atoms with Gasteiger partial charge in [-0.1, -0.05) is 0 Å². The van der Waals surface area contributed by atoms with E-state index in [-0.39, 0.29) is 45.1 Å². The number of nitrogens with one attached hydrogen (secondary N) is 1. The van der Waals surface area contributed by atoms with Crippen LogP contribution >= 0.6 is 0 Å². The summed E-state index contributed by atoms with van der Waals surface area (Å²) in [7, 11) is 0. The standard InChI is InChI=1S/C14H23N3O6/c15-12-1-2-13(16-4-8-23-10-6-19)14(17(20)21)11(12)3-7-22-9-5-18/h1-2,16,18-19H,3-10,15H2. The molecule has 0 amide bonds. The molecule has 0 radical (unpaired) electrons. The summed E-state index contributed by atoms with van der Waals surface area (Å²) in [5, 5.41) is 31.6. The summed E-state index contributed by atoms with van der Waals surface area (Å²) in [6.07, 6.45) is 0.276. The number of nitro benzene ring substituents is 1. The van der Waals surface area contributed by atoms with E-state index in [2.05, 4.69) is 5.32 Å². The van der Waals surface area contributed by atoms with Gasteiger partial charge in [-0.2, -0.15) is 0 Å². The number of aliphatic hydroxyl groups excluding tert-OH is 2. The number of nitrogen functional groups attached to an aromatic ring is 1. The average molecular weight is 329 g/mol. The van der Waals surface area contributed by atoms with Crippen LogP contribution in [0.25, 0.3) is 0 Å². The van der Waals surface area contributed by atoms with Gasteiger partial charge in [-0.25, -0.2) is 0 Å². The second kappa shape index (κ2) is 10.7. The molecular formula is C14H23N3O6. The largest absolute Gasteiger partial charge is 0.398 e. The lowest BCUT2D eigenvalue weighted by atomic mass is 10.1. The minimum Gasteiger partial charge on any atom is -0.398 e. The van der Waals surface area contributed by atoms with Crippen molar-refractivity contribution < 1.29 is 24.6 Å². The third kappa shape index (κ3) is 6.37. The third-order valence-electron chi connectivity index (χ3n) is 3.03. The Balaban J connectivity index is 2.78. The second-order valence-corrected chi connectivity index (χ2v) is 4.64. The van der Waals surface area contributed by atoms with Gasteiger partial charge in [0.15, 0.2) is 0 Å². The first-order chi connectivity index (χ1) is 11.1. The first-order valence-electron chi connectivity index (χ1n) is 7.28. The number of rotatable bonds is 12. The lowest BCUT2D eigenvalue weighted by Gasteiger charge is -2.12. The maximum Gasteiger partial charge on any atom is 0.297 e. The van der Waals surface area contributed by atoms with Crippen molar-refractivity contribution in [2.45, 2.75) is 6.42 Å². The number of ether oxygens (including phenoxy) is 2. The number of nitro groups is 1. The van der Waals surface area contributed by atoms with Crippen LogP contribution in [0.5, 0.6) is 0 Å². The lowest BCUT2D eigenvalue weighted by Crippen LogP contribution is -2.14. The van der Waals surface area contributed by atoms with Crippen LogP contribution in [0.1, 0.15) is 5.56 Å². The van der Waals surface area contributed by atoms with Crippen molar-refractivity contribution in [1.82, 2.24) is 0 Å². The van der Waals surface area contributed by atoms with E-state index < -0.39 is 4.92 Å². The topological polar surface area (TPSA) is 140 Å². The van der Waals surface area contributed by atoms with E-state index in [9.17, 15) is 10.1 Å². The van der Waals surface area contributed by atoms with Crippen molar-refractivity contribution >= 4 is 17.1 Å². The van der Waals surface area contributed by atoms with Gasteiger partial charge in [-0.3, -0.25) is 10.1 Å². The Labute approximate surface area is 134 Å². The zero-order valence-corrected chi connectivity index (χ0v) is 12.9. The van der Waals surface area contributed by atoms with Gasteiger partial charge in [-0.15, -0.1) is 0 Å². The van der Waals surface area contributed by atoms with Crippen LogP contribution in [-0.2, 0) is 15.9 Å². The molecule has 1 rings (SSSR count). The Kier molecular flexibility index (Phi) is 8.91. The molecule has 23 heavy (non-hydrogen) atoms. The van der Waals surface area contributed by atoms with Crippen LogP contribution in [0.4, 0.5) is 17.1 Å². The van der Waals surface area contributed by atoms with Gasteiger partial charge in [0.25, 0.3) is 5.69 Å². The van der Waals surface area contributed by atoms with Gasteiger partial charge >= 0.3 is 0 Å². The van der Waals surface area contributed by atoms with Gasteiger partial charge < -0.3 is 30.7 Å². The first-order valence-corrected chi connectivity index (χ1v) is 7.28. The maximum atomic E-state index is 11.4. The molecule has 0 aliphatic heterocycles. The molecular weight excluding hydrogens is 306 g/mol. The molecule has 1 aromatic rings. The quantitative estimate of drug-likeness (QED) is 0.184. The van der Waals surface area contributed by atoms with Crippen LogP contribution in [0, 0.1) is 10.1 Å². The Hall–Kier alpha value is -1.94. The molecule has 0 unspecified atom stereocenters. The Morgan fingerprint density at radius 1 is 1.13 bits per heavy atom. The van der Waals surface area contributed by atoms with Crippen LogP contribution in [0.3, 0.4) is 0 Å². The van der Waals surface area contributed by atoms with Gasteiger partial charge in [0, 0.05) is 18.7 Å². The summed E-state index contributed by atoms with van der Waals surface area (Å²) in [5.74, 6) is 0. The van der Waals surface area contributed by atoms with E-state index in [0.717, 1.165) is 0 Å². The number of nitrogens with two attached hydrogens (primary N) is 1. The van der Waals surface area contributed by atoms with Crippen molar-refractivity contribution in [3.8, 4) is 0 Å². The van der Waals surface area contributed by atoms with Crippen molar-refractivity contribution in [2.75, 3.05) is 57.2 Å². The molecule has 9 nitrogen and oxygen atoms in total. The van der Waals surface area contributed by atoms with Crippen molar-refractivity contribution in [2.24, 2.45) is 0 Å². The van der Waals surface area contributed by atoms with E-state index in [1.165, 1.54) is 0 Å². The molecule has 0 fully saturated rings. The highest BCUT2D eigenvalue weighted by atomic mass is 16.6. The minimum atomic E-state index is -0.478. The number of anilines is 2. The van der Waals surface area contributed by atoms with E-state index in [1.807, 2.05) is 0 Å². The Morgan fingerprint density at radius 3 is 2.39 bits per heavy atom. The first kappa shape index (κ1) is 19.1. The number of benzene rings is 1. The molecule has 9 heteroatoms. The van der Waals surface area contributed by atoms with E-state index in [4.69, 9.17) is 25.4 Å². The zero-order valence-electron chi connectivity index (χ0n) is 12.9. The van der Waals surface area contributed by atoms with Crippen molar-refractivity contribution in [1.29, 1.82) is 0 Å². The highest BCUT2D eigenvalue weighted by molar-refractivity contribution is 5.72. The summed E-state index contributed by atoms with van der Waals surface area (Å²) in [4.78, 5) is 10.9. The lowest BCUT2D eigenvalue weighted by molar-refractivity contribution is -0.384. The molecule has 0 spiro atoms. The molecule has 0 aromatic heterocycles. The number of nitrogens with zero attached hydrogens (tertiary/aromatic N) is 1. The SMILES string of the molecule is Nc1ccc(NCCOCCO)c([N+](=O)[O-])c1CCOCCO. The zero-order chi connectivity index (χ0) is 17.1. The molecule has 0 bridgehead atoms. The molecule has 0 heterocycles. The normalized spacial score (nSPS) is 10.7. The van der Waals surface area contributed by atoms with E-state index in [1.54, 1.807) is 12.1 Å². The maximum absolute atomic E-state index is 11.4. The van der Waals surface area contributed by atoms with Gasteiger partial charge in [-0.05, 0) is 12.1 Å². The number of aliphatic hydroxyl groups is 2. The van der Waals surface area contributed by atoms with Gasteiger partial charge in [0.05, 0.1) is 50.1 Å². The molecule has 0 aliphatic rings. The highest BCUT2D eigenvalue weighted by Gasteiger charge is 2.22. The molecule has 0 saturated heterocycles. The summed E-state index contributed by atoms with van der Waals surface area (Å²) < 4.78 is 10.2. The fraction of sp³-hybridized carbons (Fsp3) is 0.571. The van der Waals surface area contributed by atoms with Crippen LogP contribution in [0.2, 0.25) is 0 Å². The molecule has 1 aromatic carbocycles. The van der Waals surface area contributed by atoms with Gasteiger partial charge in [0.2, 0.25) is 0 Å². The molecule has 130 valence electrons. The second-order valence-electron chi connectivity index (χ2n) is 4.64. The fourth-order valence-corrected chi connectivity index (χ4v) is 2.03. The van der Waals surface area contributed by atoms with E-state index >= 15 is 0 Å². The summed E-state index contributed by atoms with van der Waals surface area (Å²) >= 11 is 0. The van der Waals surface area contributed by atoms with Crippen LogP contribution < -0.4 is 11.1 Å². The molecule has 5 N–H and O–H groups in total. The fourth-order valence-electron chi connectivity index (χ4n) is 2.03. The Bertz CT molecular complexity index is 498. The molecule has 0 aliphatic carbocycles. The van der Waals surface area contributed by atoms with Crippen molar-refractivity contribution in [3.63, 3.8) is 0 Å². The highest BCUT2D eigenvalue weighted by Crippen LogP contribution is 2.33. The van der Waals surface area contributed by atoms with Crippen LogP contribution in [-0.4, -0.2) is 61.3 Å². The minimum absolute atomic E-state index is 0.0694. The summed E-state index contributed by atoms with van der Waals surface area (Å²) in [5.41, 5.74) is 6.84. The predicted octanol–water partition coefficient (Wildman–Crippen LogP) is 0.149. The summed E-state index contributed by atoms with van der Waals surface area (Å²) in [6.45, 7) is 1.14. The predicted molar refractivity (Wildman–Crippen MR) is 85.5 cm³/mol. The van der Waals surface area contributed by atoms with E-state index in [0.29, 0.717) is 30.1 Å².